The Morgan fingerprint density at radius 2 is 1.94 bits per heavy atom. The van der Waals surface area contributed by atoms with Crippen molar-refractivity contribution >= 4 is 5.97 Å². The number of fused-ring (bicyclic) bond motifs is 1. The van der Waals surface area contributed by atoms with E-state index >= 15 is 0 Å². The molecular formula is C15H15NO2. The van der Waals surface area contributed by atoms with Crippen LogP contribution in [0.15, 0.2) is 24.3 Å². The van der Waals surface area contributed by atoms with Gasteiger partial charge in [-0.05, 0) is 37.3 Å². The first-order valence-electron chi connectivity index (χ1n) is 6.21. The molecule has 3 nitrogen and oxygen atoms in total. The number of aryl methyl sites for hydroxylation is 2. The lowest BCUT2D eigenvalue weighted by atomic mass is 9.99. The van der Waals surface area contributed by atoms with E-state index in [4.69, 9.17) is 0 Å². The topological polar surface area (TPSA) is 53.1 Å². The number of aromatic carboxylic acids is 1. The molecule has 1 heterocycles. The van der Waals surface area contributed by atoms with E-state index in [0.717, 1.165) is 36.1 Å². The SMILES string of the molecule is Cc1ccc(-c2c(C(=O)O)[nH]c3c2CCC3)cc1. The van der Waals surface area contributed by atoms with Crippen LogP contribution in [0.3, 0.4) is 0 Å². The van der Waals surface area contributed by atoms with Crippen LogP contribution in [0.2, 0.25) is 0 Å². The van der Waals surface area contributed by atoms with Crippen LogP contribution in [-0.4, -0.2) is 16.1 Å². The normalized spacial score (nSPS) is 13.6. The van der Waals surface area contributed by atoms with Gasteiger partial charge in [-0.15, -0.1) is 0 Å². The maximum absolute atomic E-state index is 11.3. The monoisotopic (exact) mass is 241 g/mol. The Kier molecular flexibility index (Phi) is 2.47. The first-order valence-corrected chi connectivity index (χ1v) is 6.21. The van der Waals surface area contributed by atoms with Gasteiger partial charge in [0.05, 0.1) is 0 Å². The molecular weight excluding hydrogens is 226 g/mol. The van der Waals surface area contributed by atoms with Crippen LogP contribution >= 0.6 is 0 Å². The summed E-state index contributed by atoms with van der Waals surface area (Å²) in [5.41, 5.74) is 5.69. The van der Waals surface area contributed by atoms with Gasteiger partial charge >= 0.3 is 5.97 Å². The van der Waals surface area contributed by atoms with E-state index in [1.165, 1.54) is 11.1 Å². The van der Waals surface area contributed by atoms with Crippen molar-refractivity contribution in [3.63, 3.8) is 0 Å². The number of rotatable bonds is 2. The molecule has 0 saturated heterocycles. The molecule has 0 amide bonds. The molecule has 1 aromatic heterocycles. The highest BCUT2D eigenvalue weighted by Crippen LogP contribution is 2.35. The lowest BCUT2D eigenvalue weighted by Gasteiger charge is -2.04. The molecule has 2 aromatic rings. The fraction of sp³-hybridized carbons (Fsp3) is 0.267. The van der Waals surface area contributed by atoms with E-state index < -0.39 is 5.97 Å². The second-order valence-electron chi connectivity index (χ2n) is 4.86. The minimum Gasteiger partial charge on any atom is -0.477 e. The fourth-order valence-electron chi connectivity index (χ4n) is 2.72. The van der Waals surface area contributed by atoms with Crippen LogP contribution < -0.4 is 0 Å². The standard InChI is InChI=1S/C15H15NO2/c1-9-5-7-10(8-6-9)13-11-3-2-4-12(11)16-14(13)15(17)18/h5-8,16H,2-4H2,1H3,(H,17,18). The minimum absolute atomic E-state index is 0.337. The summed E-state index contributed by atoms with van der Waals surface area (Å²) in [5, 5.41) is 9.31. The zero-order chi connectivity index (χ0) is 12.7. The summed E-state index contributed by atoms with van der Waals surface area (Å²) >= 11 is 0. The third-order valence-corrected chi connectivity index (χ3v) is 3.60. The Labute approximate surface area is 105 Å². The Hall–Kier alpha value is -2.03. The highest BCUT2D eigenvalue weighted by molar-refractivity contribution is 5.96. The largest absolute Gasteiger partial charge is 0.477 e. The van der Waals surface area contributed by atoms with Gasteiger partial charge in [0.1, 0.15) is 5.69 Å². The molecule has 0 unspecified atom stereocenters. The summed E-state index contributed by atoms with van der Waals surface area (Å²) in [6.45, 7) is 2.03. The number of carboxylic acid groups (broad SMARTS) is 1. The average Bonchev–Trinajstić information content (AvgIpc) is 2.90. The average molecular weight is 241 g/mol. The van der Waals surface area contributed by atoms with E-state index in [2.05, 4.69) is 4.98 Å². The predicted octanol–water partition coefficient (Wildman–Crippen LogP) is 3.18. The molecule has 0 fully saturated rings. The molecule has 0 aliphatic heterocycles. The first-order chi connectivity index (χ1) is 8.66. The van der Waals surface area contributed by atoms with E-state index in [1.54, 1.807) is 0 Å². The number of aromatic amines is 1. The van der Waals surface area contributed by atoms with Crippen LogP contribution in [0, 0.1) is 6.92 Å². The lowest BCUT2D eigenvalue weighted by Crippen LogP contribution is -2.00. The number of aromatic nitrogens is 1. The quantitative estimate of drug-likeness (QED) is 0.848. The van der Waals surface area contributed by atoms with Crippen molar-refractivity contribution in [3.8, 4) is 11.1 Å². The van der Waals surface area contributed by atoms with Crippen molar-refractivity contribution in [3.05, 3.63) is 46.8 Å². The molecule has 1 aliphatic carbocycles. The molecule has 0 radical (unpaired) electrons. The number of carboxylic acids is 1. The van der Waals surface area contributed by atoms with Gasteiger partial charge in [-0.3, -0.25) is 0 Å². The smallest absolute Gasteiger partial charge is 0.352 e. The van der Waals surface area contributed by atoms with Crippen molar-refractivity contribution in [2.24, 2.45) is 0 Å². The molecule has 0 bridgehead atoms. The van der Waals surface area contributed by atoms with Gasteiger partial charge in [0.2, 0.25) is 0 Å². The van der Waals surface area contributed by atoms with Crippen molar-refractivity contribution < 1.29 is 9.90 Å². The fourth-order valence-corrected chi connectivity index (χ4v) is 2.72. The van der Waals surface area contributed by atoms with Gasteiger partial charge < -0.3 is 10.1 Å². The molecule has 1 aliphatic rings. The minimum atomic E-state index is -0.875. The molecule has 1 aromatic carbocycles. The Morgan fingerprint density at radius 3 is 2.61 bits per heavy atom. The number of nitrogens with one attached hydrogen (secondary N) is 1. The molecule has 2 N–H and O–H groups in total. The maximum Gasteiger partial charge on any atom is 0.352 e. The van der Waals surface area contributed by atoms with Gasteiger partial charge in [-0.25, -0.2) is 4.79 Å². The van der Waals surface area contributed by atoms with Crippen molar-refractivity contribution in [2.75, 3.05) is 0 Å². The summed E-state index contributed by atoms with van der Waals surface area (Å²) in [6.07, 6.45) is 3.05. The van der Waals surface area contributed by atoms with Gasteiger partial charge in [0, 0.05) is 11.3 Å². The number of H-pyrrole nitrogens is 1. The summed E-state index contributed by atoms with van der Waals surface area (Å²) in [5.74, 6) is -0.875. The zero-order valence-electron chi connectivity index (χ0n) is 10.3. The second-order valence-corrected chi connectivity index (χ2v) is 4.86. The molecule has 0 saturated carbocycles. The number of carbonyl (C=O) groups is 1. The van der Waals surface area contributed by atoms with Gasteiger partial charge in [0.15, 0.2) is 0 Å². The molecule has 18 heavy (non-hydrogen) atoms. The first kappa shape index (κ1) is 11.1. The van der Waals surface area contributed by atoms with Crippen LogP contribution in [-0.2, 0) is 12.8 Å². The summed E-state index contributed by atoms with van der Waals surface area (Å²) in [4.78, 5) is 14.4. The van der Waals surface area contributed by atoms with E-state index in [9.17, 15) is 9.90 Å². The van der Waals surface area contributed by atoms with Crippen LogP contribution in [0.5, 0.6) is 0 Å². The molecule has 92 valence electrons. The number of benzene rings is 1. The Morgan fingerprint density at radius 1 is 1.22 bits per heavy atom. The highest BCUT2D eigenvalue weighted by Gasteiger charge is 2.25. The third-order valence-electron chi connectivity index (χ3n) is 3.60. The van der Waals surface area contributed by atoms with E-state index in [0.29, 0.717) is 5.69 Å². The molecule has 3 rings (SSSR count). The van der Waals surface area contributed by atoms with Crippen molar-refractivity contribution in [2.45, 2.75) is 26.2 Å². The second kappa shape index (κ2) is 4.02. The zero-order valence-corrected chi connectivity index (χ0v) is 10.3. The lowest BCUT2D eigenvalue weighted by molar-refractivity contribution is 0.0692. The summed E-state index contributed by atoms with van der Waals surface area (Å²) in [6, 6.07) is 8.05. The van der Waals surface area contributed by atoms with Gasteiger partial charge in [-0.2, -0.15) is 0 Å². The number of hydrogen-bond acceptors (Lipinski definition) is 1. The highest BCUT2D eigenvalue weighted by atomic mass is 16.4. The number of hydrogen-bond donors (Lipinski definition) is 2. The van der Waals surface area contributed by atoms with E-state index in [1.807, 2.05) is 31.2 Å². The Balaban J connectivity index is 2.20. The van der Waals surface area contributed by atoms with Crippen molar-refractivity contribution in [1.29, 1.82) is 0 Å². The Bertz CT molecular complexity index is 608. The molecule has 0 atom stereocenters. The van der Waals surface area contributed by atoms with Crippen LogP contribution in [0.1, 0.15) is 33.7 Å². The maximum atomic E-state index is 11.3. The van der Waals surface area contributed by atoms with E-state index in [-0.39, 0.29) is 0 Å². The predicted molar refractivity (Wildman–Crippen MR) is 70.0 cm³/mol. The summed E-state index contributed by atoms with van der Waals surface area (Å²) in [7, 11) is 0. The van der Waals surface area contributed by atoms with Crippen molar-refractivity contribution in [1.82, 2.24) is 4.98 Å². The van der Waals surface area contributed by atoms with Crippen LogP contribution in [0.4, 0.5) is 0 Å². The van der Waals surface area contributed by atoms with Gasteiger partial charge in [0.25, 0.3) is 0 Å². The molecule has 3 heteroatoms. The van der Waals surface area contributed by atoms with Gasteiger partial charge in [-0.1, -0.05) is 29.8 Å². The molecule has 0 spiro atoms. The summed E-state index contributed by atoms with van der Waals surface area (Å²) < 4.78 is 0. The third kappa shape index (κ3) is 1.63. The van der Waals surface area contributed by atoms with Crippen LogP contribution in [0.25, 0.3) is 11.1 Å².